The molecule has 0 atom stereocenters. The largest absolute Gasteiger partial charge is 0.436 e. The maximum absolute atomic E-state index is 5.80. The molecule has 0 radical (unpaired) electrons. The molecule has 0 saturated carbocycles. The molecule has 22 heavy (non-hydrogen) atoms. The Morgan fingerprint density at radius 2 is 2.14 bits per heavy atom. The summed E-state index contributed by atoms with van der Waals surface area (Å²) in [6, 6.07) is 9.75. The number of hydrogen-bond acceptors (Lipinski definition) is 4. The SMILES string of the molecule is C=C/C(=C\N(C)C)c1ccc2oc(-c3cccnc3)nc2c1. The molecule has 1 aromatic carbocycles. The van der Waals surface area contributed by atoms with E-state index in [1.165, 1.54) is 0 Å². The van der Waals surface area contributed by atoms with Crippen LogP contribution in [0.25, 0.3) is 28.1 Å². The summed E-state index contributed by atoms with van der Waals surface area (Å²) >= 11 is 0. The normalized spacial score (nSPS) is 11.6. The Labute approximate surface area is 129 Å². The number of hydrogen-bond donors (Lipinski definition) is 0. The zero-order valence-corrected chi connectivity index (χ0v) is 12.7. The predicted molar refractivity (Wildman–Crippen MR) is 89.1 cm³/mol. The quantitative estimate of drug-likeness (QED) is 0.682. The van der Waals surface area contributed by atoms with Crippen LogP contribution in [0, 0.1) is 0 Å². The van der Waals surface area contributed by atoms with Crippen LogP contribution < -0.4 is 0 Å². The highest BCUT2D eigenvalue weighted by Crippen LogP contribution is 2.26. The Morgan fingerprint density at radius 1 is 1.27 bits per heavy atom. The van der Waals surface area contributed by atoms with Crippen molar-refractivity contribution in [2.45, 2.75) is 0 Å². The molecule has 0 spiro atoms. The monoisotopic (exact) mass is 291 g/mol. The van der Waals surface area contributed by atoms with Gasteiger partial charge in [-0.2, -0.15) is 0 Å². The fourth-order valence-electron chi connectivity index (χ4n) is 2.24. The molecule has 0 fully saturated rings. The smallest absolute Gasteiger partial charge is 0.228 e. The third kappa shape index (κ3) is 2.76. The Kier molecular flexibility index (Phi) is 3.74. The van der Waals surface area contributed by atoms with E-state index in [1.54, 1.807) is 12.4 Å². The standard InChI is InChI=1S/C18H17N3O/c1-4-13(12-21(2)3)14-7-8-17-16(10-14)20-18(22-17)15-6-5-9-19-11-15/h4-12H,1H2,2-3H3/b13-12+. The van der Waals surface area contributed by atoms with E-state index in [1.807, 2.05) is 61.6 Å². The number of pyridine rings is 1. The van der Waals surface area contributed by atoms with E-state index in [-0.39, 0.29) is 0 Å². The van der Waals surface area contributed by atoms with Crippen molar-refractivity contribution in [3.63, 3.8) is 0 Å². The van der Waals surface area contributed by atoms with Gasteiger partial charge in [0, 0.05) is 32.7 Å². The molecule has 2 heterocycles. The lowest BCUT2D eigenvalue weighted by Gasteiger charge is -2.08. The molecule has 0 N–H and O–H groups in total. The molecule has 0 unspecified atom stereocenters. The minimum absolute atomic E-state index is 0.581. The van der Waals surface area contributed by atoms with Gasteiger partial charge in [0.25, 0.3) is 0 Å². The first-order chi connectivity index (χ1) is 10.7. The van der Waals surface area contributed by atoms with Gasteiger partial charge in [-0.05, 0) is 35.4 Å². The second kappa shape index (κ2) is 5.85. The molecule has 4 nitrogen and oxygen atoms in total. The predicted octanol–water partition coefficient (Wildman–Crippen LogP) is 3.98. The lowest BCUT2D eigenvalue weighted by Crippen LogP contribution is -2.01. The first-order valence-electron chi connectivity index (χ1n) is 6.99. The molecule has 0 aliphatic carbocycles. The minimum atomic E-state index is 0.581. The lowest BCUT2D eigenvalue weighted by atomic mass is 10.1. The van der Waals surface area contributed by atoms with E-state index < -0.39 is 0 Å². The van der Waals surface area contributed by atoms with Gasteiger partial charge in [0.15, 0.2) is 5.58 Å². The average Bonchev–Trinajstić information content (AvgIpc) is 2.96. The van der Waals surface area contributed by atoms with Crippen LogP contribution in [0.3, 0.4) is 0 Å². The molecule has 0 saturated heterocycles. The van der Waals surface area contributed by atoms with Gasteiger partial charge in [-0.3, -0.25) is 4.98 Å². The summed E-state index contributed by atoms with van der Waals surface area (Å²) < 4.78 is 5.80. The summed E-state index contributed by atoms with van der Waals surface area (Å²) in [5.74, 6) is 0.581. The van der Waals surface area contributed by atoms with Gasteiger partial charge in [0.2, 0.25) is 5.89 Å². The van der Waals surface area contributed by atoms with Crippen LogP contribution in [-0.2, 0) is 0 Å². The third-order valence-corrected chi connectivity index (χ3v) is 3.25. The molecule has 3 rings (SSSR count). The van der Waals surface area contributed by atoms with Gasteiger partial charge < -0.3 is 9.32 Å². The number of aromatic nitrogens is 2. The van der Waals surface area contributed by atoms with Crippen molar-refractivity contribution in [1.82, 2.24) is 14.9 Å². The molecule has 0 aliphatic heterocycles. The number of nitrogens with zero attached hydrogens (tertiary/aromatic N) is 3. The average molecular weight is 291 g/mol. The Balaban J connectivity index is 2.06. The Bertz CT molecular complexity index is 832. The Hall–Kier alpha value is -2.88. The van der Waals surface area contributed by atoms with E-state index in [4.69, 9.17) is 4.42 Å². The first-order valence-corrected chi connectivity index (χ1v) is 6.99. The highest BCUT2D eigenvalue weighted by atomic mass is 16.3. The van der Waals surface area contributed by atoms with Crippen LogP contribution in [-0.4, -0.2) is 29.0 Å². The van der Waals surface area contributed by atoms with Gasteiger partial charge in [0.1, 0.15) is 5.52 Å². The topological polar surface area (TPSA) is 42.2 Å². The van der Waals surface area contributed by atoms with Crippen molar-refractivity contribution in [2.75, 3.05) is 14.1 Å². The molecule has 3 aromatic rings. The molecule has 4 heteroatoms. The zero-order chi connectivity index (χ0) is 15.5. The minimum Gasteiger partial charge on any atom is -0.436 e. The highest BCUT2D eigenvalue weighted by molar-refractivity contribution is 5.83. The first kappa shape index (κ1) is 14.1. The van der Waals surface area contributed by atoms with Crippen molar-refractivity contribution in [3.8, 4) is 11.5 Å². The summed E-state index contributed by atoms with van der Waals surface area (Å²) in [5.41, 5.74) is 4.55. The number of oxazole rings is 1. The van der Waals surface area contributed by atoms with Crippen LogP contribution in [0.1, 0.15) is 5.56 Å². The fourth-order valence-corrected chi connectivity index (χ4v) is 2.24. The second-order valence-electron chi connectivity index (χ2n) is 5.20. The zero-order valence-electron chi connectivity index (χ0n) is 12.7. The van der Waals surface area contributed by atoms with Gasteiger partial charge >= 0.3 is 0 Å². The molecule has 110 valence electrons. The van der Waals surface area contributed by atoms with E-state index in [9.17, 15) is 0 Å². The van der Waals surface area contributed by atoms with E-state index in [2.05, 4.69) is 16.5 Å². The van der Waals surface area contributed by atoms with Crippen molar-refractivity contribution in [2.24, 2.45) is 0 Å². The molecular formula is C18H17N3O. The molecule has 0 aliphatic rings. The Morgan fingerprint density at radius 3 is 2.82 bits per heavy atom. The fraction of sp³-hybridized carbons (Fsp3) is 0.111. The maximum Gasteiger partial charge on any atom is 0.228 e. The van der Waals surface area contributed by atoms with Crippen LogP contribution in [0.5, 0.6) is 0 Å². The van der Waals surface area contributed by atoms with Crippen LogP contribution in [0.2, 0.25) is 0 Å². The number of fused-ring (bicyclic) bond motifs is 1. The summed E-state index contributed by atoms with van der Waals surface area (Å²) in [5, 5.41) is 0. The third-order valence-electron chi connectivity index (χ3n) is 3.25. The maximum atomic E-state index is 5.80. The van der Waals surface area contributed by atoms with E-state index in [0.717, 1.165) is 27.8 Å². The molecular weight excluding hydrogens is 274 g/mol. The molecule has 0 amide bonds. The van der Waals surface area contributed by atoms with Gasteiger partial charge in [-0.1, -0.05) is 18.7 Å². The highest BCUT2D eigenvalue weighted by Gasteiger charge is 2.09. The van der Waals surface area contributed by atoms with E-state index >= 15 is 0 Å². The molecule has 0 bridgehead atoms. The van der Waals surface area contributed by atoms with Crippen molar-refractivity contribution < 1.29 is 4.42 Å². The number of benzene rings is 1. The van der Waals surface area contributed by atoms with Crippen molar-refractivity contribution in [1.29, 1.82) is 0 Å². The van der Waals surface area contributed by atoms with Crippen molar-refractivity contribution >= 4 is 16.7 Å². The van der Waals surface area contributed by atoms with Gasteiger partial charge in [-0.15, -0.1) is 0 Å². The lowest BCUT2D eigenvalue weighted by molar-refractivity contribution is 0.566. The second-order valence-corrected chi connectivity index (χ2v) is 5.20. The summed E-state index contributed by atoms with van der Waals surface area (Å²) in [6.45, 7) is 3.88. The van der Waals surface area contributed by atoms with Crippen LogP contribution in [0.4, 0.5) is 0 Å². The summed E-state index contributed by atoms with van der Waals surface area (Å²) in [4.78, 5) is 10.6. The number of rotatable bonds is 4. The van der Waals surface area contributed by atoms with Gasteiger partial charge in [0.05, 0.1) is 5.56 Å². The van der Waals surface area contributed by atoms with Crippen LogP contribution >= 0.6 is 0 Å². The summed E-state index contributed by atoms with van der Waals surface area (Å²) in [7, 11) is 3.97. The molecule has 2 aromatic heterocycles. The van der Waals surface area contributed by atoms with E-state index in [0.29, 0.717) is 5.89 Å². The summed E-state index contributed by atoms with van der Waals surface area (Å²) in [6.07, 6.45) is 7.33. The number of allylic oxidation sites excluding steroid dienone is 2. The van der Waals surface area contributed by atoms with Crippen molar-refractivity contribution in [3.05, 3.63) is 67.1 Å². The van der Waals surface area contributed by atoms with Crippen LogP contribution in [0.15, 0.2) is 66.0 Å². The van der Waals surface area contributed by atoms with Gasteiger partial charge in [-0.25, -0.2) is 4.98 Å².